The number of nitrogens with two attached hydrogens (primary N) is 1. The molecule has 2 rings (SSSR count). The SMILES string of the molecule is CN(C)C(c1ccncc1)c1cccc(CN)c1. The monoisotopic (exact) mass is 241 g/mol. The number of hydrogen-bond donors (Lipinski definition) is 1. The summed E-state index contributed by atoms with van der Waals surface area (Å²) in [5.74, 6) is 0. The first-order chi connectivity index (χ1) is 8.72. The van der Waals surface area contributed by atoms with Crippen molar-refractivity contribution in [3.8, 4) is 0 Å². The Morgan fingerprint density at radius 3 is 2.44 bits per heavy atom. The standard InChI is InChI=1S/C15H19N3/c1-18(2)15(13-6-8-17-9-7-13)14-5-3-4-12(10-14)11-16/h3-10,15H,11,16H2,1-2H3. The minimum Gasteiger partial charge on any atom is -0.326 e. The molecule has 0 radical (unpaired) electrons. The second kappa shape index (κ2) is 5.76. The topological polar surface area (TPSA) is 42.2 Å². The molecule has 1 aromatic carbocycles. The van der Waals surface area contributed by atoms with Crippen molar-refractivity contribution < 1.29 is 0 Å². The van der Waals surface area contributed by atoms with Gasteiger partial charge < -0.3 is 5.73 Å². The summed E-state index contributed by atoms with van der Waals surface area (Å²) < 4.78 is 0. The van der Waals surface area contributed by atoms with Gasteiger partial charge in [0, 0.05) is 18.9 Å². The number of hydrogen-bond acceptors (Lipinski definition) is 3. The highest BCUT2D eigenvalue weighted by molar-refractivity contribution is 5.33. The Kier molecular flexibility index (Phi) is 4.07. The molecule has 18 heavy (non-hydrogen) atoms. The van der Waals surface area contributed by atoms with E-state index in [0.717, 1.165) is 5.56 Å². The van der Waals surface area contributed by atoms with E-state index in [1.54, 1.807) is 0 Å². The Morgan fingerprint density at radius 2 is 1.83 bits per heavy atom. The maximum atomic E-state index is 5.71. The molecule has 3 nitrogen and oxygen atoms in total. The van der Waals surface area contributed by atoms with Crippen molar-refractivity contribution in [3.63, 3.8) is 0 Å². The molecule has 0 saturated heterocycles. The summed E-state index contributed by atoms with van der Waals surface area (Å²) in [6.45, 7) is 0.574. The fraction of sp³-hybridized carbons (Fsp3) is 0.267. The molecule has 94 valence electrons. The molecule has 0 aliphatic rings. The number of aromatic nitrogens is 1. The van der Waals surface area contributed by atoms with E-state index >= 15 is 0 Å². The van der Waals surface area contributed by atoms with E-state index in [2.05, 4.69) is 60.4 Å². The lowest BCUT2D eigenvalue weighted by Gasteiger charge is -2.25. The van der Waals surface area contributed by atoms with Crippen LogP contribution in [-0.2, 0) is 6.54 Å². The molecule has 1 aromatic heterocycles. The second-order valence-electron chi connectivity index (χ2n) is 4.60. The van der Waals surface area contributed by atoms with Crippen LogP contribution in [0, 0.1) is 0 Å². The molecule has 2 aromatic rings. The first-order valence-corrected chi connectivity index (χ1v) is 6.07. The van der Waals surface area contributed by atoms with Crippen molar-refractivity contribution in [2.75, 3.05) is 14.1 Å². The zero-order valence-corrected chi connectivity index (χ0v) is 10.9. The van der Waals surface area contributed by atoms with Crippen molar-refractivity contribution in [2.45, 2.75) is 12.6 Å². The first-order valence-electron chi connectivity index (χ1n) is 6.07. The van der Waals surface area contributed by atoms with Gasteiger partial charge in [0.1, 0.15) is 0 Å². The normalized spacial score (nSPS) is 12.7. The molecule has 0 saturated carbocycles. The van der Waals surface area contributed by atoms with Crippen LogP contribution in [0.5, 0.6) is 0 Å². The lowest BCUT2D eigenvalue weighted by Crippen LogP contribution is -2.21. The van der Waals surface area contributed by atoms with Crippen LogP contribution in [0.2, 0.25) is 0 Å². The number of pyridine rings is 1. The molecular formula is C15H19N3. The van der Waals surface area contributed by atoms with E-state index in [1.165, 1.54) is 11.1 Å². The molecule has 2 N–H and O–H groups in total. The Labute approximate surface area is 108 Å². The van der Waals surface area contributed by atoms with Gasteiger partial charge in [0.15, 0.2) is 0 Å². The Hall–Kier alpha value is -1.71. The third-order valence-electron chi connectivity index (χ3n) is 3.04. The molecule has 0 bridgehead atoms. The molecule has 0 aliphatic heterocycles. The van der Waals surface area contributed by atoms with E-state index in [1.807, 2.05) is 12.4 Å². The highest BCUT2D eigenvalue weighted by Gasteiger charge is 2.16. The van der Waals surface area contributed by atoms with E-state index < -0.39 is 0 Å². The van der Waals surface area contributed by atoms with Crippen molar-refractivity contribution in [1.29, 1.82) is 0 Å². The highest BCUT2D eigenvalue weighted by Crippen LogP contribution is 2.26. The summed E-state index contributed by atoms with van der Waals surface area (Å²) in [6, 6.07) is 12.8. The predicted molar refractivity (Wildman–Crippen MR) is 74.1 cm³/mol. The van der Waals surface area contributed by atoms with Crippen LogP contribution in [0.1, 0.15) is 22.7 Å². The number of rotatable bonds is 4. The van der Waals surface area contributed by atoms with E-state index in [4.69, 9.17) is 5.73 Å². The molecule has 1 unspecified atom stereocenters. The first kappa shape index (κ1) is 12.7. The third-order valence-corrected chi connectivity index (χ3v) is 3.04. The largest absolute Gasteiger partial charge is 0.326 e. The van der Waals surface area contributed by atoms with Gasteiger partial charge in [-0.05, 0) is 42.9 Å². The van der Waals surface area contributed by atoms with Crippen molar-refractivity contribution in [2.24, 2.45) is 5.73 Å². The quantitative estimate of drug-likeness (QED) is 0.892. The predicted octanol–water partition coefficient (Wildman–Crippen LogP) is 2.19. The van der Waals surface area contributed by atoms with Crippen LogP contribution in [-0.4, -0.2) is 24.0 Å². The van der Waals surface area contributed by atoms with Crippen LogP contribution in [0.25, 0.3) is 0 Å². The minimum absolute atomic E-state index is 0.236. The lowest BCUT2D eigenvalue weighted by atomic mass is 9.97. The van der Waals surface area contributed by atoms with Crippen molar-refractivity contribution >= 4 is 0 Å². The second-order valence-corrected chi connectivity index (χ2v) is 4.60. The van der Waals surface area contributed by atoms with E-state index in [0.29, 0.717) is 6.54 Å². The van der Waals surface area contributed by atoms with Gasteiger partial charge in [0.25, 0.3) is 0 Å². The van der Waals surface area contributed by atoms with Crippen LogP contribution in [0.3, 0.4) is 0 Å². The van der Waals surface area contributed by atoms with Gasteiger partial charge in [0.2, 0.25) is 0 Å². The summed E-state index contributed by atoms with van der Waals surface area (Å²) in [5, 5.41) is 0. The van der Waals surface area contributed by atoms with Crippen LogP contribution in [0.4, 0.5) is 0 Å². The summed E-state index contributed by atoms with van der Waals surface area (Å²) >= 11 is 0. The van der Waals surface area contributed by atoms with Gasteiger partial charge in [-0.2, -0.15) is 0 Å². The molecule has 3 heteroatoms. The fourth-order valence-electron chi connectivity index (χ4n) is 2.22. The summed E-state index contributed by atoms with van der Waals surface area (Å²) in [6.07, 6.45) is 3.66. The fourth-order valence-corrected chi connectivity index (χ4v) is 2.22. The Balaban J connectivity index is 2.42. The molecule has 1 heterocycles. The zero-order chi connectivity index (χ0) is 13.0. The van der Waals surface area contributed by atoms with Gasteiger partial charge in [-0.15, -0.1) is 0 Å². The Morgan fingerprint density at radius 1 is 1.11 bits per heavy atom. The number of benzene rings is 1. The minimum atomic E-state index is 0.236. The summed E-state index contributed by atoms with van der Waals surface area (Å²) in [5.41, 5.74) is 9.37. The lowest BCUT2D eigenvalue weighted by molar-refractivity contribution is 0.342. The van der Waals surface area contributed by atoms with Gasteiger partial charge in [-0.1, -0.05) is 24.3 Å². The van der Waals surface area contributed by atoms with E-state index in [-0.39, 0.29) is 6.04 Å². The third kappa shape index (κ3) is 2.75. The van der Waals surface area contributed by atoms with Crippen LogP contribution in [0.15, 0.2) is 48.8 Å². The molecule has 0 spiro atoms. The van der Waals surface area contributed by atoms with Gasteiger partial charge in [0.05, 0.1) is 6.04 Å². The smallest absolute Gasteiger partial charge is 0.0598 e. The van der Waals surface area contributed by atoms with Gasteiger partial charge in [-0.25, -0.2) is 0 Å². The highest BCUT2D eigenvalue weighted by atomic mass is 15.1. The molecular weight excluding hydrogens is 222 g/mol. The Bertz CT molecular complexity index is 494. The van der Waals surface area contributed by atoms with Gasteiger partial charge in [-0.3, -0.25) is 9.88 Å². The van der Waals surface area contributed by atoms with Crippen LogP contribution < -0.4 is 5.73 Å². The maximum Gasteiger partial charge on any atom is 0.0598 e. The van der Waals surface area contributed by atoms with Crippen LogP contribution >= 0.6 is 0 Å². The average molecular weight is 241 g/mol. The molecule has 0 aliphatic carbocycles. The zero-order valence-electron chi connectivity index (χ0n) is 10.9. The van der Waals surface area contributed by atoms with Crippen molar-refractivity contribution in [3.05, 3.63) is 65.5 Å². The van der Waals surface area contributed by atoms with Crippen molar-refractivity contribution in [1.82, 2.24) is 9.88 Å². The average Bonchev–Trinajstić information content (AvgIpc) is 2.40. The maximum absolute atomic E-state index is 5.71. The van der Waals surface area contributed by atoms with E-state index in [9.17, 15) is 0 Å². The molecule has 0 amide bonds. The number of nitrogens with zero attached hydrogens (tertiary/aromatic N) is 2. The summed E-state index contributed by atoms with van der Waals surface area (Å²) in [4.78, 5) is 6.28. The molecule has 0 fully saturated rings. The summed E-state index contributed by atoms with van der Waals surface area (Å²) in [7, 11) is 4.17. The molecule has 1 atom stereocenters. The van der Waals surface area contributed by atoms with Gasteiger partial charge >= 0.3 is 0 Å².